The molecular weight excluding hydrogens is 303 g/mol. The summed E-state index contributed by atoms with van der Waals surface area (Å²) >= 11 is 0. The number of unbranched alkanes of at least 4 members (excludes halogenated alkanes) is 1. The molecule has 134 valence electrons. The zero-order valence-electron chi connectivity index (χ0n) is 15.0. The van der Waals surface area contributed by atoms with Crippen LogP contribution in [0, 0.1) is 11.7 Å². The van der Waals surface area contributed by atoms with Gasteiger partial charge in [0.1, 0.15) is 5.82 Å². The second-order valence-electron chi connectivity index (χ2n) is 6.70. The highest BCUT2D eigenvalue weighted by atomic mass is 19.1. The smallest absolute Gasteiger partial charge is 0.191 e. The predicted molar refractivity (Wildman–Crippen MR) is 98.7 cm³/mol. The largest absolute Gasteiger partial charge is 0.356 e. The molecule has 1 aromatic carbocycles. The quantitative estimate of drug-likeness (QED) is 0.457. The van der Waals surface area contributed by atoms with Gasteiger partial charge in [0.05, 0.1) is 0 Å². The van der Waals surface area contributed by atoms with Gasteiger partial charge in [-0.05, 0) is 50.8 Å². The van der Waals surface area contributed by atoms with Crippen molar-refractivity contribution in [2.45, 2.75) is 39.2 Å². The number of guanidine groups is 1. The van der Waals surface area contributed by atoms with Gasteiger partial charge in [-0.15, -0.1) is 0 Å². The lowest BCUT2D eigenvalue weighted by Gasteiger charge is -2.30. The second-order valence-corrected chi connectivity index (χ2v) is 6.70. The third kappa shape index (κ3) is 6.48. The Balaban J connectivity index is 1.59. The highest BCUT2D eigenvalue weighted by molar-refractivity contribution is 5.79. The third-order valence-electron chi connectivity index (χ3n) is 4.56. The van der Waals surface area contributed by atoms with E-state index in [0.717, 1.165) is 24.8 Å². The fraction of sp³-hybridized carbons (Fsp3) is 0.632. The molecule has 2 N–H and O–H groups in total. The van der Waals surface area contributed by atoms with Crippen LogP contribution in [0.2, 0.25) is 0 Å². The zero-order valence-corrected chi connectivity index (χ0v) is 15.0. The van der Waals surface area contributed by atoms with Gasteiger partial charge in [0.2, 0.25) is 0 Å². The molecule has 1 unspecified atom stereocenters. The molecule has 0 aliphatic carbocycles. The summed E-state index contributed by atoms with van der Waals surface area (Å²) in [5.41, 5.74) is 0.652. The van der Waals surface area contributed by atoms with E-state index in [2.05, 4.69) is 27.4 Å². The van der Waals surface area contributed by atoms with Crippen LogP contribution >= 0.6 is 0 Å². The van der Waals surface area contributed by atoms with Gasteiger partial charge < -0.3 is 15.5 Å². The van der Waals surface area contributed by atoms with Crippen LogP contribution in [0.1, 0.15) is 38.2 Å². The number of hydrogen-bond acceptors (Lipinski definition) is 2. The first-order valence-electron chi connectivity index (χ1n) is 9.09. The number of piperidine rings is 1. The Morgan fingerprint density at radius 2 is 2.12 bits per heavy atom. The maximum atomic E-state index is 13.6. The number of likely N-dealkylation sites (tertiary alicyclic amines) is 1. The molecule has 1 saturated heterocycles. The van der Waals surface area contributed by atoms with Gasteiger partial charge >= 0.3 is 0 Å². The van der Waals surface area contributed by atoms with Crippen molar-refractivity contribution in [2.24, 2.45) is 10.9 Å². The Hall–Kier alpha value is -1.62. The lowest BCUT2D eigenvalue weighted by Crippen LogP contribution is -2.38. The summed E-state index contributed by atoms with van der Waals surface area (Å²) in [5.74, 6) is 1.39. The maximum Gasteiger partial charge on any atom is 0.191 e. The molecule has 0 spiro atoms. The molecule has 1 fully saturated rings. The number of nitrogens with one attached hydrogen (secondary N) is 2. The van der Waals surface area contributed by atoms with E-state index in [1.54, 1.807) is 19.2 Å². The second kappa shape index (κ2) is 10.3. The summed E-state index contributed by atoms with van der Waals surface area (Å²) in [4.78, 5) is 6.77. The molecule has 4 nitrogen and oxygen atoms in total. The molecule has 2 rings (SSSR count). The van der Waals surface area contributed by atoms with Crippen LogP contribution < -0.4 is 10.6 Å². The van der Waals surface area contributed by atoms with E-state index in [9.17, 15) is 4.39 Å². The zero-order chi connectivity index (χ0) is 17.2. The summed E-state index contributed by atoms with van der Waals surface area (Å²) in [6.07, 6.45) is 5.03. The molecule has 0 aromatic heterocycles. The first-order valence-corrected chi connectivity index (χ1v) is 9.09. The van der Waals surface area contributed by atoms with E-state index < -0.39 is 0 Å². The van der Waals surface area contributed by atoms with Crippen molar-refractivity contribution in [2.75, 3.05) is 33.2 Å². The molecule has 1 atom stereocenters. The lowest BCUT2D eigenvalue weighted by molar-refractivity contribution is 0.181. The van der Waals surface area contributed by atoms with E-state index in [1.165, 1.54) is 45.0 Å². The summed E-state index contributed by atoms with van der Waals surface area (Å²) in [5, 5.41) is 6.46. The SMILES string of the molecule is CN=C(NCCCCN1CCCC(C)C1)NCc1ccccc1F. The molecule has 1 aliphatic rings. The average molecular weight is 334 g/mol. The van der Waals surface area contributed by atoms with Crippen LogP contribution in [0.4, 0.5) is 4.39 Å². The summed E-state index contributed by atoms with van der Waals surface area (Å²) in [6.45, 7) is 7.37. The number of benzene rings is 1. The third-order valence-corrected chi connectivity index (χ3v) is 4.56. The van der Waals surface area contributed by atoms with Crippen molar-refractivity contribution < 1.29 is 4.39 Å². The van der Waals surface area contributed by atoms with Crippen LogP contribution in [0.25, 0.3) is 0 Å². The van der Waals surface area contributed by atoms with Crippen molar-refractivity contribution in [3.05, 3.63) is 35.6 Å². The standard InChI is InChI=1S/C19H31FN4/c1-16-8-7-13-24(15-16)12-6-5-11-22-19(21-2)23-14-17-9-3-4-10-18(17)20/h3-4,9-10,16H,5-8,11-15H2,1-2H3,(H2,21,22,23). The Labute approximate surface area is 145 Å². The van der Waals surface area contributed by atoms with E-state index in [-0.39, 0.29) is 5.82 Å². The number of aliphatic imine (C=N–C) groups is 1. The minimum atomic E-state index is -0.184. The maximum absolute atomic E-state index is 13.6. The van der Waals surface area contributed by atoms with Gasteiger partial charge in [-0.2, -0.15) is 0 Å². The van der Waals surface area contributed by atoms with Gasteiger partial charge in [0.25, 0.3) is 0 Å². The van der Waals surface area contributed by atoms with Crippen LogP contribution in [-0.2, 0) is 6.54 Å². The van der Waals surface area contributed by atoms with Crippen LogP contribution in [-0.4, -0.2) is 44.1 Å². The Morgan fingerprint density at radius 1 is 1.29 bits per heavy atom. The van der Waals surface area contributed by atoms with Crippen molar-refractivity contribution in [1.82, 2.24) is 15.5 Å². The number of hydrogen-bond donors (Lipinski definition) is 2. The molecule has 0 radical (unpaired) electrons. The summed E-state index contributed by atoms with van der Waals surface area (Å²) < 4.78 is 13.6. The highest BCUT2D eigenvalue weighted by Gasteiger charge is 2.15. The minimum Gasteiger partial charge on any atom is -0.356 e. The number of rotatable bonds is 7. The van der Waals surface area contributed by atoms with Gasteiger partial charge in [-0.25, -0.2) is 4.39 Å². The highest BCUT2D eigenvalue weighted by Crippen LogP contribution is 2.15. The molecular formula is C19H31FN4. The van der Waals surface area contributed by atoms with Gasteiger partial charge in [-0.3, -0.25) is 4.99 Å². The first-order chi connectivity index (χ1) is 11.7. The number of nitrogens with zero attached hydrogens (tertiary/aromatic N) is 2. The van der Waals surface area contributed by atoms with Crippen molar-refractivity contribution in [1.29, 1.82) is 0 Å². The van der Waals surface area contributed by atoms with Gasteiger partial charge in [-0.1, -0.05) is 25.1 Å². The van der Waals surface area contributed by atoms with Crippen molar-refractivity contribution in [3.63, 3.8) is 0 Å². The molecule has 1 heterocycles. The Bertz CT molecular complexity index is 518. The van der Waals surface area contributed by atoms with Crippen molar-refractivity contribution in [3.8, 4) is 0 Å². The fourth-order valence-corrected chi connectivity index (χ4v) is 3.20. The molecule has 0 bridgehead atoms. The van der Waals surface area contributed by atoms with Crippen LogP contribution in [0.5, 0.6) is 0 Å². The van der Waals surface area contributed by atoms with E-state index >= 15 is 0 Å². The Morgan fingerprint density at radius 3 is 2.88 bits per heavy atom. The minimum absolute atomic E-state index is 0.184. The first kappa shape index (κ1) is 18.7. The number of halogens is 1. The summed E-state index contributed by atoms with van der Waals surface area (Å²) in [7, 11) is 1.74. The topological polar surface area (TPSA) is 39.7 Å². The predicted octanol–water partition coefficient (Wildman–Crippen LogP) is 3.00. The monoisotopic (exact) mass is 334 g/mol. The molecule has 24 heavy (non-hydrogen) atoms. The molecule has 0 saturated carbocycles. The van der Waals surface area contributed by atoms with Gasteiger partial charge in [0.15, 0.2) is 5.96 Å². The normalized spacial score (nSPS) is 19.3. The van der Waals surface area contributed by atoms with E-state index in [4.69, 9.17) is 0 Å². The summed E-state index contributed by atoms with van der Waals surface area (Å²) in [6, 6.07) is 6.82. The molecule has 1 aromatic rings. The van der Waals surface area contributed by atoms with Crippen LogP contribution in [0.3, 0.4) is 0 Å². The van der Waals surface area contributed by atoms with E-state index in [0.29, 0.717) is 12.1 Å². The van der Waals surface area contributed by atoms with E-state index in [1.807, 2.05) is 6.07 Å². The lowest BCUT2D eigenvalue weighted by atomic mass is 10.0. The molecule has 5 heteroatoms. The molecule has 1 aliphatic heterocycles. The van der Waals surface area contributed by atoms with Crippen molar-refractivity contribution >= 4 is 5.96 Å². The average Bonchev–Trinajstić information content (AvgIpc) is 2.58. The van der Waals surface area contributed by atoms with Gasteiger partial charge in [0, 0.05) is 32.2 Å². The van der Waals surface area contributed by atoms with Crippen LogP contribution in [0.15, 0.2) is 29.3 Å². The Kier molecular flexibility index (Phi) is 8.02. The fourth-order valence-electron chi connectivity index (χ4n) is 3.20. The molecule has 0 amide bonds.